The minimum atomic E-state index is 0.00244. The van der Waals surface area contributed by atoms with Crippen molar-refractivity contribution in [1.29, 1.82) is 0 Å². The van der Waals surface area contributed by atoms with Gasteiger partial charge in [0.15, 0.2) is 5.17 Å². The smallest absolute Gasteiger partial charge is 0.259 e. The van der Waals surface area contributed by atoms with E-state index in [1.54, 1.807) is 16.7 Å². The summed E-state index contributed by atoms with van der Waals surface area (Å²) in [7, 11) is 0. The van der Waals surface area contributed by atoms with Gasteiger partial charge < -0.3 is 4.74 Å². The Kier molecular flexibility index (Phi) is 5.63. The number of aliphatic imine (C=N–C) groups is 1. The van der Waals surface area contributed by atoms with Crippen LogP contribution in [-0.4, -0.2) is 34.9 Å². The largest absolute Gasteiger partial charge is 0.494 e. The minimum absolute atomic E-state index is 0.00244. The molecule has 1 saturated heterocycles. The molecule has 1 aliphatic rings. The van der Waals surface area contributed by atoms with Gasteiger partial charge in [-0.15, -0.1) is 0 Å². The average Bonchev–Trinajstić information content (AvgIpc) is 2.75. The van der Waals surface area contributed by atoms with Crippen LogP contribution in [0.5, 0.6) is 5.75 Å². The Balaban J connectivity index is 1.61. The van der Waals surface area contributed by atoms with Crippen LogP contribution in [0.2, 0.25) is 0 Å². The van der Waals surface area contributed by atoms with Gasteiger partial charge in [-0.1, -0.05) is 42.1 Å². The van der Waals surface area contributed by atoms with Crippen LogP contribution in [0.1, 0.15) is 23.7 Å². The van der Waals surface area contributed by atoms with Gasteiger partial charge in [0, 0.05) is 17.9 Å². The van der Waals surface area contributed by atoms with E-state index in [0.29, 0.717) is 18.7 Å². The van der Waals surface area contributed by atoms with Crippen molar-refractivity contribution in [3.63, 3.8) is 0 Å². The number of hydrogen-bond donors (Lipinski definition) is 0. The summed E-state index contributed by atoms with van der Waals surface area (Å²) in [5, 5.41) is 2.96. The SMILES string of the molecule is CCOc1ccc(N=C2SCCCN2C(=O)c2ccc3ccccc3c2)cc1. The topological polar surface area (TPSA) is 41.9 Å². The quantitative estimate of drug-likeness (QED) is 0.590. The predicted octanol–water partition coefficient (Wildman–Crippen LogP) is 5.51. The summed E-state index contributed by atoms with van der Waals surface area (Å²) in [4.78, 5) is 19.7. The number of fused-ring (bicyclic) bond motifs is 1. The van der Waals surface area contributed by atoms with Gasteiger partial charge in [-0.25, -0.2) is 4.99 Å². The van der Waals surface area contributed by atoms with Gasteiger partial charge in [0.05, 0.1) is 12.3 Å². The number of hydrogen-bond acceptors (Lipinski definition) is 4. The maximum atomic E-state index is 13.2. The van der Waals surface area contributed by atoms with Crippen molar-refractivity contribution in [1.82, 2.24) is 4.90 Å². The summed E-state index contributed by atoms with van der Waals surface area (Å²) in [5.41, 5.74) is 1.52. The molecule has 1 fully saturated rings. The molecule has 142 valence electrons. The second-order valence-corrected chi connectivity index (χ2v) is 7.60. The summed E-state index contributed by atoms with van der Waals surface area (Å²) >= 11 is 1.63. The minimum Gasteiger partial charge on any atom is -0.494 e. The number of rotatable bonds is 4. The van der Waals surface area contributed by atoms with E-state index >= 15 is 0 Å². The van der Waals surface area contributed by atoms with E-state index in [2.05, 4.69) is 6.07 Å². The zero-order valence-electron chi connectivity index (χ0n) is 15.8. The monoisotopic (exact) mass is 390 g/mol. The molecule has 3 aromatic rings. The van der Waals surface area contributed by atoms with Crippen LogP contribution in [0, 0.1) is 0 Å². The van der Waals surface area contributed by atoms with Gasteiger partial charge in [-0.3, -0.25) is 9.69 Å². The highest BCUT2D eigenvalue weighted by molar-refractivity contribution is 8.13. The van der Waals surface area contributed by atoms with E-state index in [0.717, 1.165) is 39.6 Å². The van der Waals surface area contributed by atoms with Gasteiger partial charge in [-0.2, -0.15) is 0 Å². The van der Waals surface area contributed by atoms with Crippen LogP contribution < -0.4 is 4.74 Å². The Morgan fingerprint density at radius 1 is 1.07 bits per heavy atom. The summed E-state index contributed by atoms with van der Waals surface area (Å²) in [6, 6.07) is 21.6. The van der Waals surface area contributed by atoms with E-state index in [1.807, 2.05) is 67.6 Å². The molecule has 0 unspecified atom stereocenters. The molecule has 0 aliphatic carbocycles. The lowest BCUT2D eigenvalue weighted by Gasteiger charge is -2.28. The number of nitrogens with zero attached hydrogens (tertiary/aromatic N) is 2. The molecule has 0 spiro atoms. The Morgan fingerprint density at radius 2 is 1.86 bits per heavy atom. The lowest BCUT2D eigenvalue weighted by Crippen LogP contribution is -2.39. The summed E-state index contributed by atoms with van der Waals surface area (Å²) in [5.74, 6) is 1.80. The van der Waals surface area contributed by atoms with Crippen LogP contribution in [0.3, 0.4) is 0 Å². The van der Waals surface area contributed by atoms with Gasteiger partial charge in [-0.05, 0) is 60.5 Å². The number of benzene rings is 3. The third kappa shape index (κ3) is 4.04. The summed E-state index contributed by atoms with van der Waals surface area (Å²) in [6.07, 6.45) is 0.965. The maximum Gasteiger partial charge on any atom is 0.259 e. The summed E-state index contributed by atoms with van der Waals surface area (Å²) in [6.45, 7) is 3.29. The van der Waals surface area contributed by atoms with Gasteiger partial charge in [0.25, 0.3) is 5.91 Å². The zero-order chi connectivity index (χ0) is 19.3. The molecule has 1 aliphatic heterocycles. The highest BCUT2D eigenvalue weighted by atomic mass is 32.2. The molecule has 0 radical (unpaired) electrons. The zero-order valence-corrected chi connectivity index (χ0v) is 16.6. The van der Waals surface area contributed by atoms with E-state index < -0.39 is 0 Å². The molecular weight excluding hydrogens is 368 g/mol. The average molecular weight is 391 g/mol. The lowest BCUT2D eigenvalue weighted by molar-refractivity contribution is 0.0849. The second-order valence-electron chi connectivity index (χ2n) is 6.54. The second kappa shape index (κ2) is 8.48. The van der Waals surface area contributed by atoms with Gasteiger partial charge in [0.2, 0.25) is 0 Å². The van der Waals surface area contributed by atoms with Crippen molar-refractivity contribution >= 4 is 39.3 Å². The predicted molar refractivity (Wildman–Crippen MR) is 117 cm³/mol. The molecule has 0 saturated carbocycles. The molecule has 0 atom stereocenters. The first-order valence-corrected chi connectivity index (χ1v) is 10.5. The van der Waals surface area contributed by atoms with E-state index in [-0.39, 0.29) is 5.91 Å². The molecule has 28 heavy (non-hydrogen) atoms. The molecule has 0 bridgehead atoms. The van der Waals surface area contributed by atoms with Crippen LogP contribution >= 0.6 is 11.8 Å². The highest BCUT2D eigenvalue weighted by Crippen LogP contribution is 2.26. The van der Waals surface area contributed by atoms with Crippen molar-refractivity contribution in [2.75, 3.05) is 18.9 Å². The van der Waals surface area contributed by atoms with Gasteiger partial charge >= 0.3 is 0 Å². The molecule has 3 aromatic carbocycles. The van der Waals surface area contributed by atoms with Crippen LogP contribution in [0.25, 0.3) is 10.8 Å². The number of amides is 1. The van der Waals surface area contributed by atoms with E-state index in [1.165, 1.54) is 0 Å². The van der Waals surface area contributed by atoms with Crippen molar-refractivity contribution in [3.05, 3.63) is 72.3 Å². The van der Waals surface area contributed by atoms with Crippen molar-refractivity contribution in [2.45, 2.75) is 13.3 Å². The van der Waals surface area contributed by atoms with E-state index in [9.17, 15) is 4.79 Å². The fourth-order valence-corrected chi connectivity index (χ4v) is 4.17. The third-order valence-electron chi connectivity index (χ3n) is 4.60. The Hall–Kier alpha value is -2.79. The number of carbonyl (C=O) groups excluding carboxylic acids is 1. The summed E-state index contributed by atoms with van der Waals surface area (Å²) < 4.78 is 5.48. The fourth-order valence-electron chi connectivity index (χ4n) is 3.21. The lowest BCUT2D eigenvalue weighted by atomic mass is 10.1. The molecule has 0 N–H and O–H groups in total. The maximum absolute atomic E-state index is 13.2. The molecule has 5 heteroatoms. The third-order valence-corrected chi connectivity index (χ3v) is 5.66. The van der Waals surface area contributed by atoms with E-state index in [4.69, 9.17) is 9.73 Å². The first kappa shape index (κ1) is 18.6. The number of ether oxygens (including phenoxy) is 1. The highest BCUT2D eigenvalue weighted by Gasteiger charge is 2.25. The van der Waals surface area contributed by atoms with Crippen molar-refractivity contribution < 1.29 is 9.53 Å². The number of amidine groups is 1. The first-order chi connectivity index (χ1) is 13.7. The number of carbonyl (C=O) groups is 1. The van der Waals surface area contributed by atoms with Crippen LogP contribution in [-0.2, 0) is 0 Å². The van der Waals surface area contributed by atoms with Crippen LogP contribution in [0.4, 0.5) is 5.69 Å². The Morgan fingerprint density at radius 3 is 2.64 bits per heavy atom. The molecule has 0 aromatic heterocycles. The standard InChI is InChI=1S/C23H22N2O2S/c1-2-27-21-12-10-20(11-13-21)24-23-25(14-5-15-28-23)22(26)19-9-8-17-6-3-4-7-18(17)16-19/h3-4,6-13,16H,2,5,14-15H2,1H3. The van der Waals surface area contributed by atoms with Crippen molar-refractivity contribution in [2.24, 2.45) is 4.99 Å². The molecule has 1 heterocycles. The Bertz CT molecular complexity index is 1010. The van der Waals surface area contributed by atoms with Crippen molar-refractivity contribution in [3.8, 4) is 5.75 Å². The normalized spacial score (nSPS) is 15.8. The first-order valence-electron chi connectivity index (χ1n) is 9.49. The Labute approximate surface area is 169 Å². The van der Waals surface area contributed by atoms with Crippen LogP contribution in [0.15, 0.2) is 71.7 Å². The molecule has 1 amide bonds. The molecule has 4 rings (SSSR count). The molecule has 4 nitrogen and oxygen atoms in total. The molecular formula is C23H22N2O2S. The van der Waals surface area contributed by atoms with Gasteiger partial charge in [0.1, 0.15) is 5.75 Å². The number of thioether (sulfide) groups is 1. The fraction of sp³-hybridized carbons (Fsp3) is 0.217.